The van der Waals surface area contributed by atoms with E-state index in [2.05, 4.69) is 10.6 Å². The number of hydrogen-bond acceptors (Lipinski definition) is 5. The van der Waals surface area contributed by atoms with E-state index in [9.17, 15) is 19.2 Å². The third-order valence-corrected chi connectivity index (χ3v) is 5.22. The summed E-state index contributed by atoms with van der Waals surface area (Å²) in [6, 6.07) is 18.1. The number of ether oxygens (including phenoxy) is 1. The van der Waals surface area contributed by atoms with Crippen molar-refractivity contribution in [2.75, 3.05) is 17.2 Å². The summed E-state index contributed by atoms with van der Waals surface area (Å²) in [5.74, 6) is -0.947. The largest absolute Gasteiger partial charge is 0.484 e. The Balaban J connectivity index is 1.47. The molecule has 0 heterocycles. The number of benzene rings is 3. The van der Waals surface area contributed by atoms with Gasteiger partial charge in [-0.05, 0) is 18.2 Å². The third kappa shape index (κ3) is 4.52. The number of nitrogens with one attached hydrogen (secondary N) is 2. The quantitative estimate of drug-likeness (QED) is 0.469. The molecule has 3 aromatic carbocycles. The molecular formula is C26H22N2O5. The standard InChI is InChI=1S/C26H22N2O5/c1-15(2)26(32)27-16-7-5-8-17(13-16)33-14-22(29)28-21-12-6-11-20-23(21)25(31)19-10-4-3-9-18(19)24(20)30/h3-13,15H,14H2,1-2H3,(H,27,32)(H,28,29). The molecular weight excluding hydrogens is 420 g/mol. The fraction of sp³-hybridized carbons (Fsp3) is 0.154. The van der Waals surface area contributed by atoms with E-state index in [1.807, 2.05) is 0 Å². The molecule has 0 bridgehead atoms. The minimum Gasteiger partial charge on any atom is -0.484 e. The van der Waals surface area contributed by atoms with Gasteiger partial charge in [0.1, 0.15) is 5.75 Å². The predicted molar refractivity (Wildman–Crippen MR) is 124 cm³/mol. The first-order valence-corrected chi connectivity index (χ1v) is 10.5. The van der Waals surface area contributed by atoms with Crippen LogP contribution in [0.15, 0.2) is 66.7 Å². The van der Waals surface area contributed by atoms with Crippen LogP contribution in [0.3, 0.4) is 0 Å². The Labute approximate surface area is 190 Å². The molecule has 166 valence electrons. The number of anilines is 2. The van der Waals surface area contributed by atoms with Gasteiger partial charge in [0.15, 0.2) is 18.2 Å². The van der Waals surface area contributed by atoms with Crippen molar-refractivity contribution >= 4 is 34.8 Å². The fourth-order valence-electron chi connectivity index (χ4n) is 3.53. The number of rotatable bonds is 6. The zero-order valence-corrected chi connectivity index (χ0v) is 18.2. The SMILES string of the molecule is CC(C)C(=O)Nc1cccc(OCC(=O)Nc2cccc3c2C(=O)c2ccccc2C3=O)c1. The Kier molecular flexibility index (Phi) is 6.04. The monoisotopic (exact) mass is 442 g/mol. The van der Waals surface area contributed by atoms with E-state index in [0.29, 0.717) is 22.6 Å². The van der Waals surface area contributed by atoms with Crippen LogP contribution < -0.4 is 15.4 Å². The lowest BCUT2D eigenvalue weighted by molar-refractivity contribution is -0.119. The van der Waals surface area contributed by atoms with Crippen LogP contribution >= 0.6 is 0 Å². The summed E-state index contributed by atoms with van der Waals surface area (Å²) in [4.78, 5) is 50.3. The van der Waals surface area contributed by atoms with Crippen molar-refractivity contribution in [2.45, 2.75) is 13.8 Å². The molecule has 7 heteroatoms. The molecule has 0 atom stereocenters. The third-order valence-electron chi connectivity index (χ3n) is 5.22. The molecule has 2 N–H and O–H groups in total. The normalized spacial score (nSPS) is 12.1. The van der Waals surface area contributed by atoms with E-state index >= 15 is 0 Å². The maximum Gasteiger partial charge on any atom is 0.262 e. The summed E-state index contributed by atoms with van der Waals surface area (Å²) < 4.78 is 5.56. The Morgan fingerprint density at radius 1 is 0.818 bits per heavy atom. The highest BCUT2D eigenvalue weighted by Crippen LogP contribution is 2.32. The molecule has 7 nitrogen and oxygen atoms in total. The lowest BCUT2D eigenvalue weighted by Gasteiger charge is -2.20. The first kappa shape index (κ1) is 22.0. The van der Waals surface area contributed by atoms with Crippen LogP contribution in [0, 0.1) is 5.92 Å². The lowest BCUT2D eigenvalue weighted by Crippen LogP contribution is -2.26. The number of ketones is 2. The van der Waals surface area contributed by atoms with Gasteiger partial charge < -0.3 is 15.4 Å². The van der Waals surface area contributed by atoms with Crippen molar-refractivity contribution in [1.29, 1.82) is 0 Å². The molecule has 33 heavy (non-hydrogen) atoms. The van der Waals surface area contributed by atoms with Gasteiger partial charge >= 0.3 is 0 Å². The number of hydrogen-bond donors (Lipinski definition) is 2. The Morgan fingerprint density at radius 2 is 1.48 bits per heavy atom. The number of carbonyl (C=O) groups is 4. The highest BCUT2D eigenvalue weighted by Gasteiger charge is 2.31. The van der Waals surface area contributed by atoms with Crippen LogP contribution in [0.25, 0.3) is 0 Å². The summed E-state index contributed by atoms with van der Waals surface area (Å²) >= 11 is 0. The fourth-order valence-corrected chi connectivity index (χ4v) is 3.53. The van der Waals surface area contributed by atoms with Gasteiger partial charge in [0.25, 0.3) is 5.91 Å². The van der Waals surface area contributed by atoms with Crippen molar-refractivity contribution in [3.63, 3.8) is 0 Å². The zero-order chi connectivity index (χ0) is 23.5. The average Bonchev–Trinajstić information content (AvgIpc) is 2.81. The van der Waals surface area contributed by atoms with Gasteiger partial charge in [-0.15, -0.1) is 0 Å². The van der Waals surface area contributed by atoms with E-state index in [-0.39, 0.29) is 46.8 Å². The summed E-state index contributed by atoms with van der Waals surface area (Å²) in [5.41, 5.74) is 1.91. The van der Waals surface area contributed by atoms with E-state index in [0.717, 1.165) is 0 Å². The van der Waals surface area contributed by atoms with Crippen molar-refractivity contribution in [1.82, 2.24) is 0 Å². The molecule has 4 rings (SSSR count). The second-order valence-corrected chi connectivity index (χ2v) is 7.94. The van der Waals surface area contributed by atoms with Crippen LogP contribution in [0.5, 0.6) is 5.75 Å². The molecule has 0 unspecified atom stereocenters. The molecule has 0 saturated carbocycles. The molecule has 1 aliphatic carbocycles. The van der Waals surface area contributed by atoms with Gasteiger partial charge in [-0.1, -0.05) is 56.3 Å². The average molecular weight is 442 g/mol. The van der Waals surface area contributed by atoms with Gasteiger partial charge in [-0.2, -0.15) is 0 Å². The Bertz CT molecular complexity index is 1280. The summed E-state index contributed by atoms with van der Waals surface area (Å²) in [7, 11) is 0. The van der Waals surface area contributed by atoms with Crippen molar-refractivity contribution in [3.05, 3.63) is 89.0 Å². The van der Waals surface area contributed by atoms with Crippen molar-refractivity contribution < 1.29 is 23.9 Å². The molecule has 2 amide bonds. The van der Waals surface area contributed by atoms with Gasteiger partial charge in [-0.3, -0.25) is 19.2 Å². The van der Waals surface area contributed by atoms with Crippen molar-refractivity contribution in [3.8, 4) is 5.75 Å². The van der Waals surface area contributed by atoms with E-state index in [1.54, 1.807) is 80.6 Å². The number of fused-ring (bicyclic) bond motifs is 2. The number of carbonyl (C=O) groups excluding carboxylic acids is 4. The molecule has 0 aliphatic heterocycles. The summed E-state index contributed by atoms with van der Waals surface area (Å²) in [6.07, 6.45) is 0. The highest BCUT2D eigenvalue weighted by atomic mass is 16.5. The predicted octanol–water partition coefficient (Wildman–Crippen LogP) is 4.07. The molecule has 3 aromatic rings. The van der Waals surface area contributed by atoms with E-state index in [4.69, 9.17) is 4.74 Å². The van der Waals surface area contributed by atoms with Gasteiger partial charge in [-0.25, -0.2) is 0 Å². The zero-order valence-electron chi connectivity index (χ0n) is 18.2. The van der Waals surface area contributed by atoms with Crippen LogP contribution in [-0.2, 0) is 9.59 Å². The molecule has 0 spiro atoms. The van der Waals surface area contributed by atoms with Crippen molar-refractivity contribution in [2.24, 2.45) is 5.92 Å². The van der Waals surface area contributed by atoms with Crippen LogP contribution in [0.1, 0.15) is 45.7 Å². The second kappa shape index (κ2) is 9.08. The molecule has 0 fully saturated rings. The minimum absolute atomic E-state index is 0.125. The Hall–Kier alpha value is -4.26. The lowest BCUT2D eigenvalue weighted by atomic mass is 9.83. The molecule has 1 aliphatic rings. The van der Waals surface area contributed by atoms with Gasteiger partial charge in [0.2, 0.25) is 5.91 Å². The first-order valence-electron chi connectivity index (χ1n) is 10.5. The van der Waals surface area contributed by atoms with E-state index < -0.39 is 5.91 Å². The second-order valence-electron chi connectivity index (χ2n) is 7.94. The molecule has 0 aromatic heterocycles. The van der Waals surface area contributed by atoms with E-state index in [1.165, 1.54) is 0 Å². The van der Waals surface area contributed by atoms with Gasteiger partial charge in [0.05, 0.1) is 11.3 Å². The maximum absolute atomic E-state index is 13.0. The van der Waals surface area contributed by atoms with Gasteiger partial charge in [0, 0.05) is 34.4 Å². The van der Waals surface area contributed by atoms with Crippen LogP contribution in [0.4, 0.5) is 11.4 Å². The maximum atomic E-state index is 13.0. The summed E-state index contributed by atoms with van der Waals surface area (Å²) in [5, 5.41) is 5.45. The summed E-state index contributed by atoms with van der Waals surface area (Å²) in [6.45, 7) is 3.27. The first-order chi connectivity index (χ1) is 15.8. The number of amides is 2. The Morgan fingerprint density at radius 3 is 2.21 bits per heavy atom. The topological polar surface area (TPSA) is 102 Å². The van der Waals surface area contributed by atoms with Crippen LogP contribution in [-0.4, -0.2) is 30.0 Å². The smallest absolute Gasteiger partial charge is 0.262 e. The highest BCUT2D eigenvalue weighted by molar-refractivity contribution is 6.30. The van der Waals surface area contributed by atoms with Crippen LogP contribution in [0.2, 0.25) is 0 Å². The molecule has 0 saturated heterocycles. The molecule has 0 radical (unpaired) electrons. The minimum atomic E-state index is -0.487.